The molecule has 0 atom stereocenters. The Bertz CT molecular complexity index is 647. The number of rotatable bonds is 4. The molecule has 0 unspecified atom stereocenters. The molecule has 20 heavy (non-hydrogen) atoms. The molecule has 0 saturated carbocycles. The minimum Gasteiger partial charge on any atom is -0.372 e. The van der Waals surface area contributed by atoms with Gasteiger partial charge in [-0.05, 0) is 36.3 Å². The van der Waals surface area contributed by atoms with Crippen LogP contribution in [0, 0.1) is 12.7 Å². The van der Waals surface area contributed by atoms with Crippen molar-refractivity contribution in [2.45, 2.75) is 12.4 Å². The maximum absolute atomic E-state index is 13.0. The van der Waals surface area contributed by atoms with Crippen LogP contribution in [-0.4, -0.2) is 20.2 Å². The topological polar surface area (TPSA) is 60.4 Å². The van der Waals surface area contributed by atoms with Crippen molar-refractivity contribution in [2.24, 2.45) is 0 Å². The van der Waals surface area contributed by atoms with Gasteiger partial charge in [0.15, 0.2) is 12.0 Å². The van der Waals surface area contributed by atoms with E-state index in [2.05, 4.69) is 4.18 Å². The molecular weight excluding hydrogens is 304 g/mol. The van der Waals surface area contributed by atoms with E-state index in [9.17, 15) is 30.8 Å². The van der Waals surface area contributed by atoms with E-state index in [1.54, 1.807) is 0 Å². The molecule has 0 N–H and O–H groups in total. The van der Waals surface area contributed by atoms with Gasteiger partial charge in [-0.3, -0.25) is 4.79 Å². The zero-order valence-electron chi connectivity index (χ0n) is 9.94. The summed E-state index contributed by atoms with van der Waals surface area (Å²) in [6.07, 6.45) is 0.560. The normalized spacial score (nSPS) is 13.2. The lowest BCUT2D eigenvalue weighted by Gasteiger charge is -2.08. The van der Waals surface area contributed by atoms with E-state index in [0.29, 0.717) is 0 Å². The van der Waals surface area contributed by atoms with Crippen LogP contribution < -0.4 is 0 Å². The van der Waals surface area contributed by atoms with E-state index >= 15 is 0 Å². The van der Waals surface area contributed by atoms with Crippen LogP contribution in [0.3, 0.4) is 0 Å². The van der Waals surface area contributed by atoms with Crippen molar-refractivity contribution in [3.63, 3.8) is 0 Å². The first-order valence-electron chi connectivity index (χ1n) is 5.00. The average molecular weight is 312 g/mol. The van der Waals surface area contributed by atoms with Crippen LogP contribution in [-0.2, 0) is 19.1 Å². The molecule has 1 aromatic rings. The van der Waals surface area contributed by atoms with Crippen molar-refractivity contribution in [1.82, 2.24) is 0 Å². The van der Waals surface area contributed by atoms with Crippen LogP contribution >= 0.6 is 0 Å². The van der Waals surface area contributed by atoms with Gasteiger partial charge < -0.3 is 4.18 Å². The second kappa shape index (κ2) is 5.61. The highest BCUT2D eigenvalue weighted by Crippen LogP contribution is 2.26. The van der Waals surface area contributed by atoms with Gasteiger partial charge in [0.1, 0.15) is 5.82 Å². The molecule has 1 rings (SSSR count). The van der Waals surface area contributed by atoms with Crippen molar-refractivity contribution in [2.75, 3.05) is 0 Å². The number of allylic oxidation sites excluding steroid dienone is 1. The maximum Gasteiger partial charge on any atom is 0.534 e. The van der Waals surface area contributed by atoms with Crippen molar-refractivity contribution < 1.29 is 35.0 Å². The Labute approximate surface area is 111 Å². The van der Waals surface area contributed by atoms with Gasteiger partial charge in [0.25, 0.3) is 0 Å². The summed E-state index contributed by atoms with van der Waals surface area (Å²) < 4.78 is 74.3. The van der Waals surface area contributed by atoms with Crippen LogP contribution in [0.1, 0.15) is 11.1 Å². The lowest BCUT2D eigenvalue weighted by atomic mass is 10.1. The summed E-state index contributed by atoms with van der Waals surface area (Å²) in [6, 6.07) is 3.37. The third kappa shape index (κ3) is 3.80. The molecule has 0 aliphatic rings. The molecule has 0 spiro atoms. The summed E-state index contributed by atoms with van der Waals surface area (Å²) in [4.78, 5) is 10.6. The zero-order valence-corrected chi connectivity index (χ0v) is 10.8. The SMILES string of the molecule is Cc1cc(/C=C(\C=O)OS(=O)(=O)C(F)(F)F)ccc1F. The van der Waals surface area contributed by atoms with Gasteiger partial charge >= 0.3 is 15.6 Å². The molecule has 0 aliphatic heterocycles. The van der Waals surface area contributed by atoms with E-state index in [0.717, 1.165) is 18.2 Å². The quantitative estimate of drug-likeness (QED) is 0.214. The van der Waals surface area contributed by atoms with Crippen molar-refractivity contribution >= 4 is 22.5 Å². The zero-order chi connectivity index (χ0) is 15.6. The summed E-state index contributed by atoms with van der Waals surface area (Å²) >= 11 is 0. The maximum atomic E-state index is 13.0. The molecule has 0 bridgehead atoms. The van der Waals surface area contributed by atoms with Crippen LogP contribution in [0.2, 0.25) is 0 Å². The number of aldehydes is 1. The molecule has 0 saturated heterocycles. The van der Waals surface area contributed by atoms with E-state index < -0.39 is 27.2 Å². The molecule has 4 nitrogen and oxygen atoms in total. The first-order chi connectivity index (χ1) is 9.06. The number of benzene rings is 1. The molecule has 1 aromatic carbocycles. The Morgan fingerprint density at radius 3 is 2.35 bits per heavy atom. The van der Waals surface area contributed by atoms with Gasteiger partial charge in [0.05, 0.1) is 0 Å². The standard InChI is InChI=1S/C11H8F4O4S/c1-7-4-8(2-3-10(7)12)5-9(6-16)19-20(17,18)11(13,14)15/h2-6H,1H3/b9-5+. The van der Waals surface area contributed by atoms with Crippen molar-refractivity contribution in [3.05, 3.63) is 40.9 Å². The molecule has 0 aliphatic carbocycles. The second-order valence-corrected chi connectivity index (χ2v) is 5.19. The Hall–Kier alpha value is -1.90. The van der Waals surface area contributed by atoms with Crippen LogP contribution in [0.15, 0.2) is 24.0 Å². The fourth-order valence-corrected chi connectivity index (χ4v) is 1.61. The molecular formula is C11H8F4O4S. The number of carbonyl (C=O) groups is 1. The smallest absolute Gasteiger partial charge is 0.372 e. The summed E-state index contributed by atoms with van der Waals surface area (Å²) in [6.45, 7) is 1.39. The lowest BCUT2D eigenvalue weighted by molar-refractivity contribution is -0.106. The van der Waals surface area contributed by atoms with E-state index in [4.69, 9.17) is 0 Å². The molecule has 0 radical (unpaired) electrons. The van der Waals surface area contributed by atoms with Crippen LogP contribution in [0.4, 0.5) is 17.6 Å². The molecule has 0 fully saturated rings. The number of hydrogen-bond donors (Lipinski definition) is 0. The molecule has 0 amide bonds. The van der Waals surface area contributed by atoms with Crippen molar-refractivity contribution in [1.29, 1.82) is 0 Å². The van der Waals surface area contributed by atoms with Crippen molar-refractivity contribution in [3.8, 4) is 0 Å². The predicted octanol–water partition coefficient (Wildman–Crippen LogP) is 2.54. The largest absolute Gasteiger partial charge is 0.534 e. The minimum absolute atomic E-state index is 0.114. The van der Waals surface area contributed by atoms with E-state index in [-0.39, 0.29) is 17.4 Å². The van der Waals surface area contributed by atoms with Gasteiger partial charge in [-0.15, -0.1) is 0 Å². The number of alkyl halides is 3. The summed E-state index contributed by atoms with van der Waals surface area (Å²) in [7, 11) is -5.92. The number of carbonyl (C=O) groups excluding carboxylic acids is 1. The Balaban J connectivity index is 3.11. The number of aryl methyl sites for hydroxylation is 1. The first-order valence-corrected chi connectivity index (χ1v) is 6.41. The highest BCUT2D eigenvalue weighted by molar-refractivity contribution is 7.87. The Morgan fingerprint density at radius 2 is 1.90 bits per heavy atom. The molecule has 9 heteroatoms. The van der Waals surface area contributed by atoms with Gasteiger partial charge in [-0.1, -0.05) is 6.07 Å². The molecule has 0 heterocycles. The Kier molecular flexibility index (Phi) is 4.53. The average Bonchev–Trinajstić information content (AvgIpc) is 2.31. The van der Waals surface area contributed by atoms with Crippen LogP contribution in [0.5, 0.6) is 0 Å². The fourth-order valence-electron chi connectivity index (χ4n) is 1.17. The van der Waals surface area contributed by atoms with Gasteiger partial charge in [0.2, 0.25) is 0 Å². The number of halogens is 4. The second-order valence-electron chi connectivity index (χ2n) is 3.66. The number of hydrogen-bond acceptors (Lipinski definition) is 4. The highest BCUT2D eigenvalue weighted by atomic mass is 32.2. The lowest BCUT2D eigenvalue weighted by Crippen LogP contribution is -2.25. The monoisotopic (exact) mass is 312 g/mol. The summed E-state index contributed by atoms with van der Waals surface area (Å²) in [5.74, 6) is -1.62. The van der Waals surface area contributed by atoms with Crippen LogP contribution in [0.25, 0.3) is 6.08 Å². The predicted molar refractivity (Wildman–Crippen MR) is 61.2 cm³/mol. The molecule has 110 valence electrons. The van der Waals surface area contributed by atoms with Gasteiger partial charge in [-0.2, -0.15) is 21.6 Å². The highest BCUT2D eigenvalue weighted by Gasteiger charge is 2.48. The summed E-state index contributed by atoms with van der Waals surface area (Å²) in [5.41, 5.74) is -5.36. The molecule has 0 aromatic heterocycles. The van der Waals surface area contributed by atoms with Gasteiger partial charge in [0, 0.05) is 0 Å². The third-order valence-corrected chi connectivity index (χ3v) is 3.08. The van der Waals surface area contributed by atoms with E-state index in [1.807, 2.05) is 0 Å². The van der Waals surface area contributed by atoms with E-state index in [1.165, 1.54) is 13.0 Å². The Morgan fingerprint density at radius 1 is 1.30 bits per heavy atom. The third-order valence-electron chi connectivity index (χ3n) is 2.10. The summed E-state index contributed by atoms with van der Waals surface area (Å²) in [5, 5.41) is 0. The fraction of sp³-hybridized carbons (Fsp3) is 0.182. The van der Waals surface area contributed by atoms with Gasteiger partial charge in [-0.25, -0.2) is 4.39 Å². The minimum atomic E-state index is -5.92. The first kappa shape index (κ1) is 16.2.